The maximum Gasteiger partial charge on any atom is 0.123 e. The molecule has 0 saturated carbocycles. The maximum absolute atomic E-state index is 12.7. The van der Waals surface area contributed by atoms with Crippen LogP contribution in [-0.4, -0.2) is 6.04 Å². The maximum atomic E-state index is 12.7. The van der Waals surface area contributed by atoms with Crippen molar-refractivity contribution in [2.24, 2.45) is 0 Å². The molecule has 0 aromatic heterocycles. The van der Waals surface area contributed by atoms with Gasteiger partial charge in [0.2, 0.25) is 0 Å². The van der Waals surface area contributed by atoms with Crippen molar-refractivity contribution < 1.29 is 4.39 Å². The first-order valence-corrected chi connectivity index (χ1v) is 4.93. The van der Waals surface area contributed by atoms with E-state index in [4.69, 9.17) is 0 Å². The van der Waals surface area contributed by atoms with Crippen molar-refractivity contribution in [2.75, 3.05) is 0 Å². The predicted octanol–water partition coefficient (Wildman–Crippen LogP) is 2.80. The Bertz CT molecular complexity index is 318. The quantitative estimate of drug-likeness (QED) is 0.709. The highest BCUT2D eigenvalue weighted by atomic mass is 19.1. The molecule has 0 bridgehead atoms. The van der Waals surface area contributed by atoms with Crippen molar-refractivity contribution in [1.29, 1.82) is 0 Å². The molecule has 1 nitrogen and oxygen atoms in total. The van der Waals surface area contributed by atoms with Crippen LogP contribution in [0.4, 0.5) is 4.39 Å². The Hall–Kier alpha value is -1.15. The first-order chi connectivity index (χ1) is 6.79. The fraction of sp³-hybridized carbons (Fsp3) is 0.333. The van der Waals surface area contributed by atoms with Crippen molar-refractivity contribution in [3.8, 4) is 0 Å². The van der Waals surface area contributed by atoms with Crippen LogP contribution < -0.4 is 5.32 Å². The largest absolute Gasteiger partial charge is 0.304 e. The van der Waals surface area contributed by atoms with Gasteiger partial charge in [-0.2, -0.15) is 0 Å². The molecule has 1 aromatic rings. The summed E-state index contributed by atoms with van der Waals surface area (Å²) in [6.07, 6.45) is 4.15. The fourth-order valence-corrected chi connectivity index (χ4v) is 1.92. The van der Waals surface area contributed by atoms with Crippen molar-refractivity contribution in [3.63, 3.8) is 0 Å². The van der Waals surface area contributed by atoms with Gasteiger partial charge < -0.3 is 5.32 Å². The molecule has 2 atom stereocenters. The Morgan fingerprint density at radius 3 is 2.57 bits per heavy atom. The van der Waals surface area contributed by atoms with E-state index in [0.717, 1.165) is 18.4 Å². The minimum absolute atomic E-state index is 0.174. The van der Waals surface area contributed by atoms with E-state index in [1.807, 2.05) is 18.2 Å². The summed E-state index contributed by atoms with van der Waals surface area (Å²) in [5.74, 6) is -0.174. The van der Waals surface area contributed by atoms with Crippen molar-refractivity contribution in [2.45, 2.75) is 24.9 Å². The zero-order valence-electron chi connectivity index (χ0n) is 8.04. The number of hydrogen-bond acceptors (Lipinski definition) is 1. The van der Waals surface area contributed by atoms with Crippen molar-refractivity contribution in [1.82, 2.24) is 5.32 Å². The Labute approximate surface area is 83.6 Å². The van der Waals surface area contributed by atoms with Crippen LogP contribution in [0, 0.1) is 5.82 Å². The standard InChI is InChI=1S/C12H14FN/c1-2-11-7-8-12(14-11)9-3-5-10(13)6-4-9/h2-6,11-12,14H,1,7-8H2. The highest BCUT2D eigenvalue weighted by Gasteiger charge is 2.22. The molecular weight excluding hydrogens is 177 g/mol. The predicted molar refractivity (Wildman–Crippen MR) is 55.5 cm³/mol. The van der Waals surface area contributed by atoms with Crippen LogP contribution in [0.1, 0.15) is 24.4 Å². The summed E-state index contributed by atoms with van der Waals surface area (Å²) in [5, 5.41) is 3.44. The summed E-state index contributed by atoms with van der Waals surface area (Å²) in [5.41, 5.74) is 1.16. The smallest absolute Gasteiger partial charge is 0.123 e. The molecule has 0 amide bonds. The highest BCUT2D eigenvalue weighted by Crippen LogP contribution is 2.26. The van der Waals surface area contributed by atoms with E-state index in [9.17, 15) is 4.39 Å². The van der Waals surface area contributed by atoms with Gasteiger partial charge in [-0.3, -0.25) is 0 Å². The average molecular weight is 191 g/mol. The molecule has 14 heavy (non-hydrogen) atoms. The third-order valence-electron chi connectivity index (χ3n) is 2.74. The summed E-state index contributed by atoms with van der Waals surface area (Å²) in [6, 6.07) is 7.48. The topological polar surface area (TPSA) is 12.0 Å². The number of benzene rings is 1. The Kier molecular flexibility index (Phi) is 2.64. The van der Waals surface area contributed by atoms with Crippen LogP contribution >= 0.6 is 0 Å². The van der Waals surface area contributed by atoms with Crippen molar-refractivity contribution >= 4 is 0 Å². The van der Waals surface area contributed by atoms with Gasteiger partial charge in [0, 0.05) is 12.1 Å². The molecule has 1 aliphatic rings. The van der Waals surface area contributed by atoms with E-state index in [0.29, 0.717) is 12.1 Å². The second-order valence-corrected chi connectivity index (χ2v) is 3.69. The van der Waals surface area contributed by atoms with Crippen LogP contribution in [-0.2, 0) is 0 Å². The van der Waals surface area contributed by atoms with Gasteiger partial charge in [-0.25, -0.2) is 4.39 Å². The van der Waals surface area contributed by atoms with E-state index >= 15 is 0 Å². The van der Waals surface area contributed by atoms with Crippen molar-refractivity contribution in [3.05, 3.63) is 48.3 Å². The third kappa shape index (κ3) is 1.85. The molecule has 1 aromatic carbocycles. The molecule has 74 valence electrons. The second-order valence-electron chi connectivity index (χ2n) is 3.69. The lowest BCUT2D eigenvalue weighted by Gasteiger charge is -2.11. The average Bonchev–Trinajstić information content (AvgIpc) is 2.67. The zero-order chi connectivity index (χ0) is 9.97. The van der Waals surface area contributed by atoms with Gasteiger partial charge in [-0.05, 0) is 30.5 Å². The van der Waals surface area contributed by atoms with E-state index in [1.54, 1.807) is 0 Å². The van der Waals surface area contributed by atoms with E-state index in [1.165, 1.54) is 12.1 Å². The molecule has 0 spiro atoms. The van der Waals surface area contributed by atoms with Gasteiger partial charge in [-0.15, -0.1) is 6.58 Å². The van der Waals surface area contributed by atoms with Gasteiger partial charge in [0.25, 0.3) is 0 Å². The molecular formula is C12H14FN. The molecule has 1 fully saturated rings. The summed E-state index contributed by atoms with van der Waals surface area (Å²) >= 11 is 0. The minimum atomic E-state index is -0.174. The summed E-state index contributed by atoms with van der Waals surface area (Å²) in [7, 11) is 0. The Balaban J connectivity index is 2.09. The highest BCUT2D eigenvalue weighted by molar-refractivity contribution is 5.21. The van der Waals surface area contributed by atoms with E-state index < -0.39 is 0 Å². The van der Waals surface area contributed by atoms with Crippen LogP contribution in [0.15, 0.2) is 36.9 Å². The summed E-state index contributed by atoms with van der Waals surface area (Å²) in [4.78, 5) is 0. The monoisotopic (exact) mass is 191 g/mol. The molecule has 0 aliphatic carbocycles. The fourth-order valence-electron chi connectivity index (χ4n) is 1.92. The van der Waals surface area contributed by atoms with Crippen LogP contribution in [0.3, 0.4) is 0 Å². The summed E-state index contributed by atoms with van der Waals surface area (Å²) < 4.78 is 12.7. The lowest BCUT2D eigenvalue weighted by Crippen LogP contribution is -2.21. The van der Waals surface area contributed by atoms with Crippen LogP contribution in [0.25, 0.3) is 0 Å². The van der Waals surface area contributed by atoms with Gasteiger partial charge in [-0.1, -0.05) is 18.2 Å². The first kappa shape index (κ1) is 9.41. The van der Waals surface area contributed by atoms with Crippen LogP contribution in [0.5, 0.6) is 0 Å². The number of rotatable bonds is 2. The van der Waals surface area contributed by atoms with E-state index in [-0.39, 0.29) is 5.82 Å². The Morgan fingerprint density at radius 2 is 2.00 bits per heavy atom. The van der Waals surface area contributed by atoms with Gasteiger partial charge in [0.1, 0.15) is 5.82 Å². The lowest BCUT2D eigenvalue weighted by atomic mass is 10.1. The molecule has 1 aliphatic heterocycles. The number of nitrogens with one attached hydrogen (secondary N) is 1. The molecule has 2 unspecified atom stereocenters. The van der Waals surface area contributed by atoms with E-state index in [2.05, 4.69) is 11.9 Å². The molecule has 1 N–H and O–H groups in total. The number of halogens is 1. The molecule has 2 heteroatoms. The second kappa shape index (κ2) is 3.93. The lowest BCUT2D eigenvalue weighted by molar-refractivity contribution is 0.603. The van der Waals surface area contributed by atoms with Crippen LogP contribution in [0.2, 0.25) is 0 Å². The molecule has 0 radical (unpaired) electrons. The van der Waals surface area contributed by atoms with Gasteiger partial charge in [0.15, 0.2) is 0 Å². The third-order valence-corrected chi connectivity index (χ3v) is 2.74. The number of hydrogen-bond donors (Lipinski definition) is 1. The molecule has 2 rings (SSSR count). The first-order valence-electron chi connectivity index (χ1n) is 4.93. The van der Waals surface area contributed by atoms with Gasteiger partial charge in [0.05, 0.1) is 0 Å². The SMILES string of the molecule is C=CC1CCC(c2ccc(F)cc2)N1. The normalized spacial score (nSPS) is 26.4. The molecule has 1 saturated heterocycles. The summed E-state index contributed by atoms with van der Waals surface area (Å²) in [6.45, 7) is 3.76. The van der Waals surface area contributed by atoms with Gasteiger partial charge >= 0.3 is 0 Å². The Morgan fingerprint density at radius 1 is 1.29 bits per heavy atom. The molecule has 1 heterocycles. The minimum Gasteiger partial charge on any atom is -0.304 e. The zero-order valence-corrected chi connectivity index (χ0v) is 8.04.